The van der Waals surface area contributed by atoms with Crippen LogP contribution in [0.4, 0.5) is 0 Å². The van der Waals surface area contributed by atoms with Crippen molar-refractivity contribution in [1.82, 2.24) is 14.4 Å². The van der Waals surface area contributed by atoms with Gasteiger partial charge in [0.1, 0.15) is 11.7 Å². The molecule has 7 nitrogen and oxygen atoms in total. The van der Waals surface area contributed by atoms with Crippen molar-refractivity contribution in [2.45, 2.75) is 82.9 Å². The third kappa shape index (κ3) is 6.34. The zero-order valence-corrected chi connectivity index (χ0v) is 23.4. The van der Waals surface area contributed by atoms with Gasteiger partial charge < -0.3 is 9.47 Å². The first kappa shape index (κ1) is 27.6. The smallest absolute Gasteiger partial charge is 0.343 e. The number of unbranched alkanes of at least 4 members (excludes halogenated alkanes) is 1. The third-order valence-corrected chi connectivity index (χ3v) is 8.44. The van der Waals surface area contributed by atoms with Crippen LogP contribution in [0.25, 0.3) is 16.8 Å². The fraction of sp³-hybridized carbons (Fsp3) is 0.536. The third-order valence-electron chi connectivity index (χ3n) is 7.08. The highest BCUT2D eigenvalue weighted by Gasteiger charge is 2.31. The molecule has 4 rings (SSSR count). The molecule has 1 saturated carbocycles. The first-order valence-corrected chi connectivity index (χ1v) is 14.7. The van der Waals surface area contributed by atoms with Crippen LogP contribution in [0.2, 0.25) is 5.02 Å². The Hall–Kier alpha value is -2.45. The second-order valence-electron chi connectivity index (χ2n) is 9.67. The van der Waals surface area contributed by atoms with Crippen molar-refractivity contribution in [3.63, 3.8) is 0 Å². The van der Waals surface area contributed by atoms with Crippen LogP contribution in [0.1, 0.15) is 82.0 Å². The second-order valence-corrected chi connectivity index (χ2v) is 11.1. The van der Waals surface area contributed by atoms with Crippen LogP contribution in [-0.4, -0.2) is 39.3 Å². The van der Waals surface area contributed by atoms with E-state index in [1.54, 1.807) is 24.3 Å². The first-order chi connectivity index (χ1) is 18.0. The second kappa shape index (κ2) is 12.9. The van der Waals surface area contributed by atoms with E-state index in [0.29, 0.717) is 27.2 Å². The molecule has 37 heavy (non-hydrogen) atoms. The van der Waals surface area contributed by atoms with Crippen molar-refractivity contribution >= 4 is 35.0 Å². The highest BCUT2D eigenvalue weighted by Crippen LogP contribution is 2.39. The number of halogens is 1. The number of methoxy groups -OCH3 is 1. The summed E-state index contributed by atoms with van der Waals surface area (Å²) in [5.41, 5.74) is 1.26. The van der Waals surface area contributed by atoms with Crippen molar-refractivity contribution in [3.05, 3.63) is 45.3 Å². The van der Waals surface area contributed by atoms with E-state index in [-0.39, 0.29) is 23.2 Å². The average Bonchev–Trinajstić information content (AvgIpc) is 3.24. The molecule has 1 fully saturated rings. The van der Waals surface area contributed by atoms with Gasteiger partial charge in [0, 0.05) is 10.8 Å². The van der Waals surface area contributed by atoms with Crippen LogP contribution in [0.15, 0.2) is 34.2 Å². The number of esters is 1. The molecule has 2 heterocycles. The molecule has 0 amide bonds. The van der Waals surface area contributed by atoms with Gasteiger partial charge in [-0.05, 0) is 55.7 Å². The maximum absolute atomic E-state index is 13.7. The summed E-state index contributed by atoms with van der Waals surface area (Å²) < 4.78 is 13.0. The van der Waals surface area contributed by atoms with Crippen LogP contribution in [0, 0.1) is 5.92 Å². The van der Waals surface area contributed by atoms with Gasteiger partial charge in [0.05, 0.1) is 12.7 Å². The Balaban J connectivity index is 1.81. The van der Waals surface area contributed by atoms with Gasteiger partial charge in [0.25, 0.3) is 0 Å². The molecule has 2 aromatic heterocycles. The number of nitrogens with zero attached hydrogens (tertiary/aromatic N) is 2. The van der Waals surface area contributed by atoms with Crippen molar-refractivity contribution in [2.75, 3.05) is 12.9 Å². The van der Waals surface area contributed by atoms with Gasteiger partial charge in [-0.25, -0.2) is 19.0 Å². The number of aromatic amines is 1. The molecule has 9 heteroatoms. The molecule has 3 aromatic rings. The maximum atomic E-state index is 13.7. The summed E-state index contributed by atoms with van der Waals surface area (Å²) in [4.78, 5) is 34.7. The number of rotatable bonds is 11. The zero-order valence-electron chi connectivity index (χ0n) is 21.8. The van der Waals surface area contributed by atoms with Gasteiger partial charge in [-0.1, -0.05) is 75.0 Å². The predicted molar refractivity (Wildman–Crippen MR) is 149 cm³/mol. The van der Waals surface area contributed by atoms with E-state index in [9.17, 15) is 9.59 Å². The molecule has 200 valence electrons. The quantitative estimate of drug-likeness (QED) is 0.203. The molecule has 1 aromatic carbocycles. The summed E-state index contributed by atoms with van der Waals surface area (Å²) in [7, 11) is 1.49. The molecule has 1 unspecified atom stereocenters. The topological polar surface area (TPSA) is 85.7 Å². The number of aromatic nitrogens is 3. The number of H-pyrrole nitrogens is 1. The largest absolute Gasteiger partial charge is 0.481 e. The van der Waals surface area contributed by atoms with Crippen molar-refractivity contribution in [1.29, 1.82) is 0 Å². The summed E-state index contributed by atoms with van der Waals surface area (Å²) in [6.45, 7) is 4.38. The fourth-order valence-corrected chi connectivity index (χ4v) is 6.16. The van der Waals surface area contributed by atoms with Gasteiger partial charge in [0.15, 0.2) is 10.8 Å². The number of carbonyl (C=O) groups excluding carboxylic acids is 1. The number of carbonyl (C=O) groups is 1. The summed E-state index contributed by atoms with van der Waals surface area (Å²) in [6.07, 6.45) is 9.33. The van der Waals surface area contributed by atoms with Gasteiger partial charge in [0.2, 0.25) is 5.88 Å². The molecule has 1 aliphatic carbocycles. The summed E-state index contributed by atoms with van der Waals surface area (Å²) >= 11 is 7.65. The highest BCUT2D eigenvalue weighted by atomic mass is 35.5. The van der Waals surface area contributed by atoms with Crippen LogP contribution in [0.3, 0.4) is 0 Å². The minimum Gasteiger partial charge on any atom is -0.481 e. The van der Waals surface area contributed by atoms with Crippen LogP contribution in [0.5, 0.6) is 5.88 Å². The standard InChI is InChI=1S/C28H36ClN3O4S/c1-4-6-10-18(5-2)17-37-27-30-24-23(26(33)36-21-11-8-7-9-12-21)22(19-13-15-20(29)16-14-19)25(35-3)32(24)28(34)31-27/h13-16,18,21H,4-12,17H2,1-3H3,(H,30,31,34). The predicted octanol–water partition coefficient (Wildman–Crippen LogP) is 7.15. The van der Waals surface area contributed by atoms with Crippen LogP contribution >= 0.6 is 23.4 Å². The van der Waals surface area contributed by atoms with E-state index in [1.165, 1.54) is 29.7 Å². The SMILES string of the molecule is CCCCC(CC)CSc1nc2c(C(=O)OC3CCCCC3)c(-c3ccc(Cl)cc3)c(OC)n2c(=O)[nH]1. The zero-order chi connectivity index (χ0) is 26.4. The molecule has 1 N–H and O–H groups in total. The van der Waals surface area contributed by atoms with Crippen molar-refractivity contribution < 1.29 is 14.3 Å². The lowest BCUT2D eigenvalue weighted by molar-refractivity contribution is 0.0214. The number of fused-ring (bicyclic) bond motifs is 1. The lowest BCUT2D eigenvalue weighted by Gasteiger charge is -2.22. The highest BCUT2D eigenvalue weighted by molar-refractivity contribution is 7.99. The molecular formula is C28H36ClN3O4S. The van der Waals surface area contributed by atoms with E-state index >= 15 is 0 Å². The Kier molecular flexibility index (Phi) is 9.60. The van der Waals surface area contributed by atoms with Gasteiger partial charge in [-0.15, -0.1) is 0 Å². The van der Waals surface area contributed by atoms with E-state index in [4.69, 9.17) is 26.1 Å². The number of thioether (sulfide) groups is 1. The Morgan fingerprint density at radius 1 is 1.22 bits per heavy atom. The Labute approximate surface area is 227 Å². The molecule has 0 spiro atoms. The van der Waals surface area contributed by atoms with E-state index < -0.39 is 11.7 Å². The summed E-state index contributed by atoms with van der Waals surface area (Å²) in [5.74, 6) is 1.14. The first-order valence-electron chi connectivity index (χ1n) is 13.3. The average molecular weight is 546 g/mol. The minimum absolute atomic E-state index is 0.139. The van der Waals surface area contributed by atoms with Crippen LogP contribution < -0.4 is 10.4 Å². The summed E-state index contributed by atoms with van der Waals surface area (Å²) in [6, 6.07) is 7.10. The lowest BCUT2D eigenvalue weighted by Crippen LogP contribution is -2.22. The Morgan fingerprint density at radius 3 is 2.59 bits per heavy atom. The Morgan fingerprint density at radius 2 is 1.95 bits per heavy atom. The normalized spacial score (nSPS) is 15.1. The monoisotopic (exact) mass is 545 g/mol. The van der Waals surface area contributed by atoms with Gasteiger partial charge in [-0.2, -0.15) is 0 Å². The molecule has 0 radical (unpaired) electrons. The number of hydrogen-bond acceptors (Lipinski definition) is 6. The van der Waals surface area contributed by atoms with E-state index in [0.717, 1.165) is 57.1 Å². The Bertz CT molecular complexity index is 1270. The lowest BCUT2D eigenvalue weighted by atomic mass is 9.97. The molecular weight excluding hydrogens is 510 g/mol. The molecule has 0 saturated heterocycles. The van der Waals surface area contributed by atoms with E-state index in [2.05, 4.69) is 18.8 Å². The van der Waals surface area contributed by atoms with Crippen LogP contribution in [-0.2, 0) is 4.74 Å². The maximum Gasteiger partial charge on any atom is 0.343 e. The minimum atomic E-state index is -0.485. The summed E-state index contributed by atoms with van der Waals surface area (Å²) in [5, 5.41) is 1.06. The number of benzene rings is 1. The van der Waals surface area contributed by atoms with Gasteiger partial charge in [-0.3, -0.25) is 4.98 Å². The molecule has 1 atom stereocenters. The van der Waals surface area contributed by atoms with Gasteiger partial charge >= 0.3 is 11.7 Å². The van der Waals surface area contributed by atoms with E-state index in [1.807, 2.05) is 0 Å². The number of ether oxygens (including phenoxy) is 2. The number of nitrogens with one attached hydrogen (secondary N) is 1. The van der Waals surface area contributed by atoms with Crippen molar-refractivity contribution in [2.24, 2.45) is 5.92 Å². The fourth-order valence-electron chi connectivity index (χ4n) is 4.93. The molecule has 0 aliphatic heterocycles. The molecule has 0 bridgehead atoms. The number of hydrogen-bond donors (Lipinski definition) is 1. The van der Waals surface area contributed by atoms with Crippen molar-refractivity contribution in [3.8, 4) is 17.0 Å². The molecule has 1 aliphatic rings.